The number of rotatable bonds is 7. The molecule has 0 radical (unpaired) electrons. The van der Waals surface area contributed by atoms with Crippen molar-refractivity contribution >= 4 is 22.8 Å². The molecule has 3 fully saturated rings. The largest absolute Gasteiger partial charge is 0.495 e. The number of fused-ring (bicyclic) bond motifs is 1. The molecule has 3 aromatic heterocycles. The summed E-state index contributed by atoms with van der Waals surface area (Å²) in [6, 6.07) is 2.14. The van der Waals surface area contributed by atoms with Gasteiger partial charge in [-0.25, -0.2) is 4.98 Å². The fourth-order valence-corrected chi connectivity index (χ4v) is 5.70. The normalized spacial score (nSPS) is 20.2. The maximum Gasteiger partial charge on any atom is 0.222 e. The van der Waals surface area contributed by atoms with E-state index < -0.39 is 0 Å². The molecular formula is C24H32N8O. The van der Waals surface area contributed by atoms with E-state index in [0.717, 1.165) is 60.8 Å². The van der Waals surface area contributed by atoms with Gasteiger partial charge in [-0.3, -0.25) is 9.67 Å². The Morgan fingerprint density at radius 1 is 1.21 bits per heavy atom. The Bertz CT molecular complexity index is 1160. The average Bonchev–Trinajstić information content (AvgIpc) is 3.52. The highest BCUT2D eigenvalue weighted by Gasteiger charge is 2.52. The molecule has 0 unspecified atom stereocenters. The first kappa shape index (κ1) is 20.7. The van der Waals surface area contributed by atoms with Gasteiger partial charge in [0, 0.05) is 12.7 Å². The number of pyridine rings is 1. The lowest BCUT2D eigenvalue weighted by Crippen LogP contribution is -2.31. The Morgan fingerprint density at radius 2 is 2.03 bits per heavy atom. The number of anilines is 2. The SMILES string of the molecule is COc1cc(C2CCNCC2)cnc1Cn1ncc2nc(N)nc(NCC3CC4(CC4)C3)c21. The second-order valence-corrected chi connectivity index (χ2v) is 10.1. The standard InChI is InChI=1S/C24H32N8O/c1-33-20-8-17(16-2-6-26-7-3-16)12-27-19(20)14-32-21-18(13-29-32)30-23(25)31-22(21)28-11-15-9-24(10-15)4-5-24/h8,12-13,15-16,26H,2-7,9-11,14H2,1H3,(H3,25,28,30,31). The lowest BCUT2D eigenvalue weighted by Gasteiger charge is -2.36. The number of ether oxygens (including phenoxy) is 1. The Hall–Kier alpha value is -2.94. The number of hydrogen-bond donors (Lipinski definition) is 3. The Morgan fingerprint density at radius 3 is 2.79 bits per heavy atom. The number of piperidine rings is 1. The molecule has 3 aliphatic rings. The van der Waals surface area contributed by atoms with E-state index in [4.69, 9.17) is 15.5 Å². The van der Waals surface area contributed by atoms with Crippen LogP contribution in [0.4, 0.5) is 11.8 Å². The molecule has 1 aliphatic heterocycles. The number of hydrogen-bond acceptors (Lipinski definition) is 8. The average molecular weight is 449 g/mol. The van der Waals surface area contributed by atoms with Crippen molar-refractivity contribution in [3.8, 4) is 5.75 Å². The van der Waals surface area contributed by atoms with Gasteiger partial charge < -0.3 is 21.1 Å². The molecule has 9 nitrogen and oxygen atoms in total. The summed E-state index contributed by atoms with van der Waals surface area (Å²) in [6.45, 7) is 3.49. The number of methoxy groups -OCH3 is 1. The van der Waals surface area contributed by atoms with Gasteiger partial charge in [-0.2, -0.15) is 10.1 Å². The van der Waals surface area contributed by atoms with E-state index in [0.29, 0.717) is 23.8 Å². The smallest absolute Gasteiger partial charge is 0.222 e. The van der Waals surface area contributed by atoms with Gasteiger partial charge in [0.2, 0.25) is 5.95 Å². The highest BCUT2D eigenvalue weighted by molar-refractivity contribution is 5.86. The van der Waals surface area contributed by atoms with Crippen LogP contribution in [0.15, 0.2) is 18.5 Å². The maximum atomic E-state index is 5.99. The van der Waals surface area contributed by atoms with Crippen LogP contribution in [0, 0.1) is 11.3 Å². The van der Waals surface area contributed by atoms with E-state index in [9.17, 15) is 0 Å². The van der Waals surface area contributed by atoms with E-state index in [1.807, 2.05) is 10.9 Å². The van der Waals surface area contributed by atoms with Crippen LogP contribution in [0.1, 0.15) is 55.7 Å². The van der Waals surface area contributed by atoms with Crippen LogP contribution in [-0.4, -0.2) is 51.5 Å². The molecule has 4 heterocycles. The van der Waals surface area contributed by atoms with Gasteiger partial charge in [-0.05, 0) is 80.5 Å². The lowest BCUT2D eigenvalue weighted by atomic mass is 9.72. The molecule has 2 saturated carbocycles. The number of nitrogens with one attached hydrogen (secondary N) is 2. The van der Waals surface area contributed by atoms with E-state index >= 15 is 0 Å². The van der Waals surface area contributed by atoms with Crippen LogP contribution >= 0.6 is 0 Å². The molecule has 2 aliphatic carbocycles. The third kappa shape index (κ3) is 3.99. The molecule has 0 bridgehead atoms. The summed E-state index contributed by atoms with van der Waals surface area (Å²) in [5.41, 5.74) is 10.4. The molecule has 33 heavy (non-hydrogen) atoms. The van der Waals surface area contributed by atoms with Crippen molar-refractivity contribution in [3.05, 3.63) is 29.7 Å². The minimum Gasteiger partial charge on any atom is -0.495 e. The second-order valence-electron chi connectivity index (χ2n) is 10.1. The van der Waals surface area contributed by atoms with Crippen molar-refractivity contribution in [1.29, 1.82) is 0 Å². The molecule has 4 N–H and O–H groups in total. The molecular weight excluding hydrogens is 416 g/mol. The van der Waals surface area contributed by atoms with Gasteiger partial charge in [0.1, 0.15) is 22.5 Å². The van der Waals surface area contributed by atoms with E-state index in [2.05, 4.69) is 31.8 Å². The zero-order valence-corrected chi connectivity index (χ0v) is 19.2. The Labute approximate surface area is 193 Å². The molecule has 174 valence electrons. The molecule has 0 atom stereocenters. The number of nitrogens with two attached hydrogens (primary N) is 1. The monoisotopic (exact) mass is 448 g/mol. The molecule has 3 aromatic rings. The number of aromatic nitrogens is 5. The van der Waals surface area contributed by atoms with Crippen molar-refractivity contribution < 1.29 is 4.74 Å². The van der Waals surface area contributed by atoms with Crippen molar-refractivity contribution in [3.63, 3.8) is 0 Å². The van der Waals surface area contributed by atoms with Crippen LogP contribution < -0.4 is 21.1 Å². The van der Waals surface area contributed by atoms with Crippen LogP contribution in [0.5, 0.6) is 5.75 Å². The summed E-state index contributed by atoms with van der Waals surface area (Å²) in [6.07, 6.45) is 11.5. The summed E-state index contributed by atoms with van der Waals surface area (Å²) in [5, 5.41) is 11.6. The predicted octanol–water partition coefficient (Wildman–Crippen LogP) is 2.93. The van der Waals surface area contributed by atoms with Gasteiger partial charge in [-0.15, -0.1) is 0 Å². The first-order valence-corrected chi connectivity index (χ1v) is 12.1. The maximum absolute atomic E-state index is 5.99. The van der Waals surface area contributed by atoms with Gasteiger partial charge in [0.25, 0.3) is 0 Å². The van der Waals surface area contributed by atoms with Gasteiger partial charge in [0.05, 0.1) is 19.9 Å². The van der Waals surface area contributed by atoms with Crippen LogP contribution in [0.25, 0.3) is 11.0 Å². The van der Waals surface area contributed by atoms with E-state index in [-0.39, 0.29) is 5.95 Å². The van der Waals surface area contributed by atoms with Crippen molar-refractivity contribution in [2.75, 3.05) is 37.8 Å². The molecule has 0 aromatic carbocycles. The van der Waals surface area contributed by atoms with E-state index in [1.54, 1.807) is 13.3 Å². The number of nitrogens with zero attached hydrogens (tertiary/aromatic N) is 5. The lowest BCUT2D eigenvalue weighted by molar-refractivity contribution is 0.180. The van der Waals surface area contributed by atoms with Crippen LogP contribution in [0.3, 0.4) is 0 Å². The third-order valence-electron chi connectivity index (χ3n) is 7.75. The van der Waals surface area contributed by atoms with Crippen LogP contribution in [0.2, 0.25) is 0 Å². The van der Waals surface area contributed by atoms with Gasteiger partial charge in [0.15, 0.2) is 5.82 Å². The topological polar surface area (TPSA) is 116 Å². The zero-order chi connectivity index (χ0) is 22.4. The quantitative estimate of drug-likeness (QED) is 0.505. The molecule has 0 amide bonds. The molecule has 9 heteroatoms. The molecule has 1 saturated heterocycles. The van der Waals surface area contributed by atoms with Crippen molar-refractivity contribution in [2.24, 2.45) is 11.3 Å². The fourth-order valence-electron chi connectivity index (χ4n) is 5.70. The molecule has 6 rings (SSSR count). The Balaban J connectivity index is 1.25. The summed E-state index contributed by atoms with van der Waals surface area (Å²) in [7, 11) is 1.70. The van der Waals surface area contributed by atoms with Gasteiger partial charge >= 0.3 is 0 Å². The number of nitrogen functional groups attached to an aromatic ring is 1. The zero-order valence-electron chi connectivity index (χ0n) is 19.2. The first-order chi connectivity index (χ1) is 16.1. The predicted molar refractivity (Wildman–Crippen MR) is 127 cm³/mol. The minimum atomic E-state index is 0.263. The highest BCUT2D eigenvalue weighted by Crippen LogP contribution is 2.63. The highest BCUT2D eigenvalue weighted by atomic mass is 16.5. The summed E-state index contributed by atoms with van der Waals surface area (Å²) < 4.78 is 7.63. The second kappa shape index (κ2) is 8.13. The van der Waals surface area contributed by atoms with Crippen molar-refractivity contribution in [2.45, 2.75) is 51.0 Å². The van der Waals surface area contributed by atoms with Gasteiger partial charge in [-0.1, -0.05) is 0 Å². The first-order valence-electron chi connectivity index (χ1n) is 12.1. The van der Waals surface area contributed by atoms with Crippen molar-refractivity contribution in [1.82, 2.24) is 30.0 Å². The molecule has 1 spiro atoms. The summed E-state index contributed by atoms with van der Waals surface area (Å²) in [5.74, 6) is 3.04. The fraction of sp³-hybridized carbons (Fsp3) is 0.583. The van der Waals surface area contributed by atoms with E-state index in [1.165, 1.54) is 31.2 Å². The summed E-state index contributed by atoms with van der Waals surface area (Å²) in [4.78, 5) is 13.7. The Kier molecular flexibility index (Phi) is 5.09. The summed E-state index contributed by atoms with van der Waals surface area (Å²) >= 11 is 0. The van der Waals surface area contributed by atoms with Crippen LogP contribution in [-0.2, 0) is 6.54 Å². The minimum absolute atomic E-state index is 0.263. The third-order valence-corrected chi connectivity index (χ3v) is 7.75.